The minimum atomic E-state index is -0.0124. The highest BCUT2D eigenvalue weighted by molar-refractivity contribution is 6.32. The SMILES string of the molecule is Cc1nccn1-c1ccc(N2CCN(C(=O)/C=C/c3ccccc3Cl)CC2)nn1. The Morgan fingerprint density at radius 3 is 2.41 bits per heavy atom. The molecule has 0 bridgehead atoms. The van der Waals surface area contributed by atoms with E-state index in [4.69, 9.17) is 11.6 Å². The first kappa shape index (κ1) is 19.1. The van der Waals surface area contributed by atoms with E-state index in [0.29, 0.717) is 31.2 Å². The highest BCUT2D eigenvalue weighted by Crippen LogP contribution is 2.18. The van der Waals surface area contributed by atoms with Crippen molar-refractivity contribution in [2.45, 2.75) is 6.92 Å². The number of imidazole rings is 1. The summed E-state index contributed by atoms with van der Waals surface area (Å²) in [6, 6.07) is 11.3. The molecule has 148 valence electrons. The van der Waals surface area contributed by atoms with E-state index >= 15 is 0 Å². The van der Waals surface area contributed by atoms with Crippen molar-refractivity contribution in [3.63, 3.8) is 0 Å². The van der Waals surface area contributed by atoms with Crippen LogP contribution in [-0.4, -0.2) is 56.7 Å². The van der Waals surface area contributed by atoms with Gasteiger partial charge < -0.3 is 9.80 Å². The lowest BCUT2D eigenvalue weighted by Crippen LogP contribution is -2.48. The Labute approximate surface area is 174 Å². The van der Waals surface area contributed by atoms with Gasteiger partial charge in [-0.15, -0.1) is 10.2 Å². The zero-order chi connectivity index (χ0) is 20.2. The number of aromatic nitrogens is 4. The third-order valence-electron chi connectivity index (χ3n) is 4.93. The van der Waals surface area contributed by atoms with Gasteiger partial charge in [0, 0.05) is 49.7 Å². The van der Waals surface area contributed by atoms with E-state index in [-0.39, 0.29) is 5.91 Å². The maximum atomic E-state index is 12.5. The molecule has 1 fully saturated rings. The molecule has 0 atom stereocenters. The number of nitrogens with zero attached hydrogens (tertiary/aromatic N) is 6. The standard InChI is InChI=1S/C21H21ClN6O/c1-16-23-10-11-28(16)20-8-7-19(24-25-20)26-12-14-27(15-13-26)21(29)9-6-17-4-2-3-5-18(17)22/h2-11H,12-15H2,1H3/b9-6+. The fourth-order valence-electron chi connectivity index (χ4n) is 3.27. The lowest BCUT2D eigenvalue weighted by Gasteiger charge is -2.34. The molecule has 1 aromatic carbocycles. The van der Waals surface area contributed by atoms with Crippen molar-refractivity contribution in [3.8, 4) is 5.82 Å². The second-order valence-electron chi connectivity index (χ2n) is 6.76. The van der Waals surface area contributed by atoms with Crippen molar-refractivity contribution >= 4 is 29.4 Å². The molecule has 0 unspecified atom stereocenters. The summed E-state index contributed by atoms with van der Waals surface area (Å²) in [4.78, 5) is 20.7. The molecule has 0 saturated carbocycles. The van der Waals surface area contributed by atoms with Gasteiger partial charge in [0.1, 0.15) is 5.82 Å². The average Bonchev–Trinajstić information content (AvgIpc) is 3.19. The van der Waals surface area contributed by atoms with Gasteiger partial charge >= 0.3 is 0 Å². The average molecular weight is 409 g/mol. The van der Waals surface area contributed by atoms with Crippen LogP contribution < -0.4 is 4.90 Å². The molecule has 7 nitrogen and oxygen atoms in total. The number of benzene rings is 1. The first-order chi connectivity index (χ1) is 14.1. The van der Waals surface area contributed by atoms with E-state index < -0.39 is 0 Å². The van der Waals surface area contributed by atoms with Crippen LogP contribution in [0, 0.1) is 6.92 Å². The number of aryl methyl sites for hydroxylation is 1. The highest BCUT2D eigenvalue weighted by Gasteiger charge is 2.21. The van der Waals surface area contributed by atoms with Gasteiger partial charge in [-0.05, 0) is 36.8 Å². The second kappa shape index (κ2) is 8.45. The second-order valence-corrected chi connectivity index (χ2v) is 7.17. The molecule has 2 aromatic heterocycles. The number of hydrogen-bond acceptors (Lipinski definition) is 5. The Kier molecular flexibility index (Phi) is 5.57. The molecule has 1 aliphatic heterocycles. The fourth-order valence-corrected chi connectivity index (χ4v) is 3.47. The minimum absolute atomic E-state index is 0.0124. The monoisotopic (exact) mass is 408 g/mol. The van der Waals surface area contributed by atoms with Crippen LogP contribution in [0.5, 0.6) is 0 Å². The number of carbonyl (C=O) groups is 1. The van der Waals surface area contributed by atoms with Crippen LogP contribution in [0.15, 0.2) is 54.9 Å². The normalized spacial score (nSPS) is 14.6. The van der Waals surface area contributed by atoms with Crippen molar-refractivity contribution in [1.29, 1.82) is 0 Å². The lowest BCUT2D eigenvalue weighted by molar-refractivity contribution is -0.126. The van der Waals surface area contributed by atoms with Gasteiger partial charge in [-0.2, -0.15) is 0 Å². The quantitative estimate of drug-likeness (QED) is 0.621. The van der Waals surface area contributed by atoms with Crippen LogP contribution in [0.4, 0.5) is 5.82 Å². The summed E-state index contributed by atoms with van der Waals surface area (Å²) in [5, 5.41) is 9.29. The van der Waals surface area contributed by atoms with Gasteiger partial charge in [-0.25, -0.2) is 4.98 Å². The van der Waals surface area contributed by atoms with Crippen LogP contribution in [0.1, 0.15) is 11.4 Å². The summed E-state index contributed by atoms with van der Waals surface area (Å²) >= 11 is 6.13. The molecule has 0 radical (unpaired) electrons. The molecule has 29 heavy (non-hydrogen) atoms. The maximum absolute atomic E-state index is 12.5. The Morgan fingerprint density at radius 1 is 1.03 bits per heavy atom. The summed E-state index contributed by atoms with van der Waals surface area (Å²) in [6.45, 7) is 4.62. The smallest absolute Gasteiger partial charge is 0.246 e. The van der Waals surface area contributed by atoms with Crippen LogP contribution in [0.2, 0.25) is 5.02 Å². The molecule has 1 aliphatic rings. The molecule has 0 N–H and O–H groups in total. The zero-order valence-electron chi connectivity index (χ0n) is 16.1. The molecule has 3 aromatic rings. The number of halogens is 1. The number of piperazine rings is 1. The molecule has 0 spiro atoms. The minimum Gasteiger partial charge on any atom is -0.352 e. The van der Waals surface area contributed by atoms with Gasteiger partial charge in [-0.3, -0.25) is 9.36 Å². The molecule has 8 heteroatoms. The highest BCUT2D eigenvalue weighted by atomic mass is 35.5. The van der Waals surface area contributed by atoms with E-state index in [2.05, 4.69) is 20.1 Å². The van der Waals surface area contributed by atoms with Crippen molar-refractivity contribution in [2.24, 2.45) is 0 Å². The van der Waals surface area contributed by atoms with Gasteiger partial charge in [-0.1, -0.05) is 29.8 Å². The largest absolute Gasteiger partial charge is 0.352 e. The van der Waals surface area contributed by atoms with Gasteiger partial charge in [0.2, 0.25) is 5.91 Å². The molecular formula is C21H21ClN6O. The Hall–Kier alpha value is -3.19. The molecule has 3 heterocycles. The Bertz CT molecular complexity index is 1020. The molecule has 4 rings (SSSR count). The lowest BCUT2D eigenvalue weighted by atomic mass is 10.2. The van der Waals surface area contributed by atoms with E-state index in [1.807, 2.05) is 59.0 Å². The number of rotatable bonds is 4. The van der Waals surface area contributed by atoms with Gasteiger partial charge in [0.15, 0.2) is 11.6 Å². The van der Waals surface area contributed by atoms with E-state index in [1.54, 1.807) is 18.3 Å². The predicted molar refractivity (Wildman–Crippen MR) is 113 cm³/mol. The van der Waals surface area contributed by atoms with Crippen LogP contribution in [0.3, 0.4) is 0 Å². The van der Waals surface area contributed by atoms with Crippen molar-refractivity contribution in [3.05, 3.63) is 71.3 Å². The number of amides is 1. The van der Waals surface area contributed by atoms with E-state index in [0.717, 1.165) is 23.0 Å². The Balaban J connectivity index is 1.35. The molecular weight excluding hydrogens is 388 g/mol. The van der Waals surface area contributed by atoms with Crippen LogP contribution >= 0.6 is 11.6 Å². The van der Waals surface area contributed by atoms with Crippen LogP contribution in [-0.2, 0) is 4.79 Å². The number of anilines is 1. The van der Waals surface area contributed by atoms with Gasteiger partial charge in [0.05, 0.1) is 0 Å². The predicted octanol–water partition coefficient (Wildman–Crippen LogP) is 2.99. The number of hydrogen-bond donors (Lipinski definition) is 0. The summed E-state index contributed by atoms with van der Waals surface area (Å²) in [7, 11) is 0. The fraction of sp³-hybridized carbons (Fsp3) is 0.238. The topological polar surface area (TPSA) is 67.2 Å². The summed E-state index contributed by atoms with van der Waals surface area (Å²) in [5.41, 5.74) is 0.838. The maximum Gasteiger partial charge on any atom is 0.246 e. The summed E-state index contributed by atoms with van der Waals surface area (Å²) < 4.78 is 1.89. The molecule has 1 saturated heterocycles. The van der Waals surface area contributed by atoms with E-state index in [1.165, 1.54) is 0 Å². The zero-order valence-corrected chi connectivity index (χ0v) is 16.8. The third kappa shape index (κ3) is 4.30. The first-order valence-electron chi connectivity index (χ1n) is 9.42. The van der Waals surface area contributed by atoms with Gasteiger partial charge in [0.25, 0.3) is 0 Å². The first-order valence-corrected chi connectivity index (χ1v) is 9.80. The molecule has 0 aliphatic carbocycles. The summed E-state index contributed by atoms with van der Waals surface area (Å²) in [5.74, 6) is 2.40. The third-order valence-corrected chi connectivity index (χ3v) is 5.28. The summed E-state index contributed by atoms with van der Waals surface area (Å²) in [6.07, 6.45) is 6.94. The van der Waals surface area contributed by atoms with Crippen molar-refractivity contribution in [1.82, 2.24) is 24.6 Å². The van der Waals surface area contributed by atoms with Crippen molar-refractivity contribution in [2.75, 3.05) is 31.1 Å². The van der Waals surface area contributed by atoms with Crippen molar-refractivity contribution < 1.29 is 4.79 Å². The molecule has 1 amide bonds. The Morgan fingerprint density at radius 2 is 1.76 bits per heavy atom. The van der Waals surface area contributed by atoms with Crippen LogP contribution in [0.25, 0.3) is 11.9 Å². The number of carbonyl (C=O) groups excluding carboxylic acids is 1. The van der Waals surface area contributed by atoms with E-state index in [9.17, 15) is 4.79 Å².